The highest BCUT2D eigenvalue weighted by atomic mass is 35.5. The second-order valence-corrected chi connectivity index (χ2v) is 8.39. The Balaban J connectivity index is 1.36. The van der Waals surface area contributed by atoms with Crippen molar-refractivity contribution in [3.63, 3.8) is 0 Å². The maximum absolute atomic E-state index is 14.7. The van der Waals surface area contributed by atoms with Crippen LogP contribution in [-0.2, 0) is 11.2 Å². The standard InChI is InChI=1S/C22H17ClF2N4O3/c23-14-7-16(15(24)8-17(14)32-12-2-4-18(25)26-9-12)27-22(31)20-10-1-3-13(20)21-11(5-10)6-19(30)28-29-21/h2,4,6-10,13,20H,1,3,5H2,(H,27,31)(H,28,30)/t10-,13+,20?/m0/s1. The Morgan fingerprint density at radius 2 is 2.06 bits per heavy atom. The lowest BCUT2D eigenvalue weighted by Gasteiger charge is -2.30. The summed E-state index contributed by atoms with van der Waals surface area (Å²) in [6.45, 7) is 0. The molecule has 3 atom stereocenters. The predicted octanol–water partition coefficient (Wildman–Crippen LogP) is 4.19. The summed E-state index contributed by atoms with van der Waals surface area (Å²) in [5.41, 5.74) is 1.27. The van der Waals surface area contributed by atoms with Gasteiger partial charge in [0.1, 0.15) is 11.5 Å². The lowest BCUT2D eigenvalue weighted by molar-refractivity contribution is -0.121. The molecular formula is C22H17ClF2N4O3. The molecule has 2 N–H and O–H groups in total. The van der Waals surface area contributed by atoms with E-state index in [1.165, 1.54) is 18.2 Å². The molecule has 2 aliphatic carbocycles. The van der Waals surface area contributed by atoms with Crippen molar-refractivity contribution in [3.8, 4) is 11.5 Å². The first-order chi connectivity index (χ1) is 15.4. The number of carbonyl (C=O) groups is 1. The molecule has 2 aliphatic rings. The van der Waals surface area contributed by atoms with E-state index in [1.54, 1.807) is 0 Å². The molecule has 0 radical (unpaired) electrons. The van der Waals surface area contributed by atoms with Crippen molar-refractivity contribution in [1.82, 2.24) is 15.2 Å². The van der Waals surface area contributed by atoms with Gasteiger partial charge in [0.05, 0.1) is 22.6 Å². The summed E-state index contributed by atoms with van der Waals surface area (Å²) < 4.78 is 33.1. The Bertz CT molecular complexity index is 1270. The Morgan fingerprint density at radius 3 is 2.84 bits per heavy atom. The highest BCUT2D eigenvalue weighted by Gasteiger charge is 2.47. The molecule has 2 aromatic heterocycles. The van der Waals surface area contributed by atoms with Crippen molar-refractivity contribution in [1.29, 1.82) is 0 Å². The van der Waals surface area contributed by atoms with Crippen LogP contribution in [0.3, 0.4) is 0 Å². The van der Waals surface area contributed by atoms with E-state index in [0.717, 1.165) is 42.4 Å². The highest BCUT2D eigenvalue weighted by Crippen LogP contribution is 2.49. The van der Waals surface area contributed by atoms with Crippen LogP contribution in [0.5, 0.6) is 11.5 Å². The Kier molecular flexibility index (Phi) is 5.13. The normalized spacial score (nSPS) is 21.2. The molecule has 0 saturated heterocycles. The second kappa shape index (κ2) is 7.98. The summed E-state index contributed by atoms with van der Waals surface area (Å²) >= 11 is 6.22. The van der Waals surface area contributed by atoms with Crippen LogP contribution in [0.1, 0.15) is 30.0 Å². The molecule has 3 aromatic rings. The molecule has 7 nitrogen and oxygen atoms in total. The number of anilines is 1. The Labute approximate surface area is 185 Å². The Hall–Kier alpha value is -3.33. The maximum Gasteiger partial charge on any atom is 0.264 e. The number of nitrogens with one attached hydrogen (secondary N) is 2. The number of pyridine rings is 1. The average Bonchev–Trinajstić information content (AvgIpc) is 3.08. The molecule has 1 aromatic carbocycles. The number of carbonyl (C=O) groups excluding carboxylic acids is 1. The first-order valence-electron chi connectivity index (χ1n) is 10.1. The van der Waals surface area contributed by atoms with Crippen molar-refractivity contribution in [3.05, 3.63) is 74.9 Å². The average molecular weight is 459 g/mol. The van der Waals surface area contributed by atoms with Crippen molar-refractivity contribution in [2.24, 2.45) is 11.8 Å². The van der Waals surface area contributed by atoms with Gasteiger partial charge in [-0.15, -0.1) is 0 Å². The van der Waals surface area contributed by atoms with Crippen LogP contribution in [0, 0.1) is 23.6 Å². The highest BCUT2D eigenvalue weighted by molar-refractivity contribution is 6.32. The number of amides is 1. The minimum atomic E-state index is -0.723. The summed E-state index contributed by atoms with van der Waals surface area (Å²) in [6.07, 6.45) is 3.34. The Morgan fingerprint density at radius 1 is 1.22 bits per heavy atom. The van der Waals surface area contributed by atoms with Crippen LogP contribution in [0.15, 0.2) is 41.3 Å². The van der Waals surface area contributed by atoms with Gasteiger partial charge in [0.2, 0.25) is 11.9 Å². The van der Waals surface area contributed by atoms with Gasteiger partial charge in [-0.2, -0.15) is 9.49 Å². The summed E-state index contributed by atoms with van der Waals surface area (Å²) in [6, 6.07) is 6.31. The van der Waals surface area contributed by atoms with E-state index in [-0.39, 0.29) is 51.4 Å². The van der Waals surface area contributed by atoms with Crippen LogP contribution in [0.2, 0.25) is 5.02 Å². The summed E-state index contributed by atoms with van der Waals surface area (Å²) in [4.78, 5) is 28.1. The maximum atomic E-state index is 14.7. The number of nitrogens with zero attached hydrogens (tertiary/aromatic N) is 2. The fraction of sp³-hybridized carbons (Fsp3) is 0.273. The summed E-state index contributed by atoms with van der Waals surface area (Å²) in [5.74, 6) is -1.96. The largest absolute Gasteiger partial charge is 0.454 e. The number of fused-ring (bicyclic) bond motifs is 4. The van der Waals surface area contributed by atoms with E-state index < -0.39 is 11.8 Å². The molecule has 1 unspecified atom stereocenters. The number of aromatic nitrogens is 3. The zero-order chi connectivity index (χ0) is 22.4. The molecule has 2 heterocycles. The van der Waals surface area contributed by atoms with Crippen molar-refractivity contribution in [2.75, 3.05) is 5.32 Å². The lowest BCUT2D eigenvalue weighted by atomic mass is 9.77. The number of aromatic amines is 1. The number of hydrogen-bond acceptors (Lipinski definition) is 5. The van der Waals surface area contributed by atoms with Crippen LogP contribution in [0.25, 0.3) is 0 Å². The fourth-order valence-electron chi connectivity index (χ4n) is 4.70. The van der Waals surface area contributed by atoms with E-state index in [1.807, 2.05) is 0 Å². The molecule has 32 heavy (non-hydrogen) atoms. The van der Waals surface area contributed by atoms with Crippen LogP contribution < -0.4 is 15.6 Å². The zero-order valence-corrected chi connectivity index (χ0v) is 17.3. The molecular weight excluding hydrogens is 442 g/mol. The fourth-order valence-corrected chi connectivity index (χ4v) is 4.90. The van der Waals surface area contributed by atoms with Crippen molar-refractivity contribution < 1.29 is 18.3 Å². The minimum Gasteiger partial charge on any atom is -0.454 e. The molecule has 1 saturated carbocycles. The molecule has 5 rings (SSSR count). The smallest absolute Gasteiger partial charge is 0.264 e. The van der Waals surface area contributed by atoms with Gasteiger partial charge in [0, 0.05) is 24.0 Å². The number of hydrogen-bond donors (Lipinski definition) is 2. The third kappa shape index (κ3) is 3.73. The van der Waals surface area contributed by atoms with E-state index in [2.05, 4.69) is 20.5 Å². The van der Waals surface area contributed by atoms with Crippen molar-refractivity contribution >= 4 is 23.2 Å². The number of benzene rings is 1. The molecule has 10 heteroatoms. The molecule has 2 bridgehead atoms. The summed E-state index contributed by atoms with van der Waals surface area (Å²) in [7, 11) is 0. The molecule has 0 spiro atoms. The van der Waals surface area contributed by atoms with E-state index >= 15 is 0 Å². The number of H-pyrrole nitrogens is 1. The van der Waals surface area contributed by atoms with Gasteiger partial charge in [-0.1, -0.05) is 11.6 Å². The van der Waals surface area contributed by atoms with Gasteiger partial charge >= 0.3 is 0 Å². The number of rotatable bonds is 4. The van der Waals surface area contributed by atoms with E-state index in [4.69, 9.17) is 16.3 Å². The van der Waals surface area contributed by atoms with Crippen LogP contribution in [0.4, 0.5) is 14.5 Å². The second-order valence-electron chi connectivity index (χ2n) is 7.99. The van der Waals surface area contributed by atoms with Gasteiger partial charge in [-0.25, -0.2) is 14.5 Å². The monoisotopic (exact) mass is 458 g/mol. The molecule has 164 valence electrons. The van der Waals surface area contributed by atoms with E-state index in [9.17, 15) is 18.4 Å². The summed E-state index contributed by atoms with van der Waals surface area (Å²) in [5, 5.41) is 9.33. The third-order valence-electron chi connectivity index (χ3n) is 6.05. The quantitative estimate of drug-likeness (QED) is 0.571. The predicted molar refractivity (Wildman–Crippen MR) is 112 cm³/mol. The van der Waals surface area contributed by atoms with Gasteiger partial charge in [-0.05, 0) is 48.9 Å². The molecule has 1 fully saturated rings. The van der Waals surface area contributed by atoms with Gasteiger partial charge < -0.3 is 10.1 Å². The van der Waals surface area contributed by atoms with Crippen molar-refractivity contribution in [2.45, 2.75) is 25.2 Å². The lowest BCUT2D eigenvalue weighted by Crippen LogP contribution is -2.35. The topological polar surface area (TPSA) is 97.0 Å². The van der Waals surface area contributed by atoms with E-state index in [0.29, 0.717) is 6.42 Å². The first kappa shape index (κ1) is 20.6. The minimum absolute atomic E-state index is 0.00962. The molecule has 0 aliphatic heterocycles. The van der Waals surface area contributed by atoms with Gasteiger partial charge in [0.15, 0.2) is 5.82 Å². The number of halogens is 3. The number of ether oxygens (including phenoxy) is 1. The van der Waals surface area contributed by atoms with Gasteiger partial charge in [-0.3, -0.25) is 9.59 Å². The van der Waals surface area contributed by atoms with Gasteiger partial charge in [0.25, 0.3) is 5.56 Å². The first-order valence-corrected chi connectivity index (χ1v) is 10.4. The third-order valence-corrected chi connectivity index (χ3v) is 6.35. The van der Waals surface area contributed by atoms with Crippen LogP contribution >= 0.6 is 11.6 Å². The SMILES string of the molecule is O=C(Nc1cc(Cl)c(Oc2ccc(F)nc2)cc1F)C1[C@H]2CC[C@H]1c1n[nH]c(=O)cc1C2. The van der Waals surface area contributed by atoms with Crippen LogP contribution in [-0.4, -0.2) is 21.1 Å². The molecule has 1 amide bonds. The zero-order valence-electron chi connectivity index (χ0n) is 16.6.